The van der Waals surface area contributed by atoms with Crippen molar-refractivity contribution in [2.75, 3.05) is 31.1 Å². The highest BCUT2D eigenvalue weighted by Crippen LogP contribution is 2.17. The predicted octanol–water partition coefficient (Wildman–Crippen LogP) is 1.23. The van der Waals surface area contributed by atoms with E-state index >= 15 is 0 Å². The molecule has 0 bridgehead atoms. The minimum absolute atomic E-state index is 0.0542. The Hall–Kier alpha value is -3.20. The van der Waals surface area contributed by atoms with E-state index in [0.717, 1.165) is 50.0 Å². The summed E-state index contributed by atoms with van der Waals surface area (Å²) in [4.78, 5) is 31.9. The Kier molecular flexibility index (Phi) is 9.53. The fraction of sp³-hybridized carbons (Fsp3) is 0.429. The summed E-state index contributed by atoms with van der Waals surface area (Å²) in [6, 6.07) is 7.79. The van der Waals surface area contributed by atoms with Crippen molar-refractivity contribution < 1.29 is 19.4 Å². The van der Waals surface area contributed by atoms with Crippen molar-refractivity contribution in [2.45, 2.75) is 32.2 Å². The summed E-state index contributed by atoms with van der Waals surface area (Å²) in [7, 11) is 0. The minimum atomic E-state index is -0.833. The molecular weight excluding hydrogens is 386 g/mol. The van der Waals surface area contributed by atoms with Gasteiger partial charge in [-0.3, -0.25) is 14.6 Å². The Morgan fingerprint density at radius 1 is 1.23 bits per heavy atom. The first kappa shape index (κ1) is 23.1. The van der Waals surface area contributed by atoms with E-state index < -0.39 is 5.97 Å². The molecule has 0 aliphatic carbocycles. The first-order chi connectivity index (χ1) is 14.5. The number of carboxylic acid groups (broad SMARTS) is 1. The van der Waals surface area contributed by atoms with Crippen LogP contribution < -0.4 is 20.7 Å². The van der Waals surface area contributed by atoms with Gasteiger partial charge in [-0.15, -0.1) is 0 Å². The lowest BCUT2D eigenvalue weighted by atomic mass is 10.0. The molecule has 1 aliphatic heterocycles. The van der Waals surface area contributed by atoms with Gasteiger partial charge in [-0.2, -0.15) is 0 Å². The lowest BCUT2D eigenvalue weighted by Gasteiger charge is -2.32. The summed E-state index contributed by atoms with van der Waals surface area (Å²) in [5.41, 5.74) is 6.39. The van der Waals surface area contributed by atoms with Crippen LogP contribution in [0.1, 0.15) is 25.3 Å². The fourth-order valence-corrected chi connectivity index (χ4v) is 3.05. The Bertz CT molecular complexity index is 774. The SMILES string of the molecule is CC(=O)O.NCCOc1ccc(CC(=O)NC2CCN(c3cnccn3)CC2)cc1. The number of hydrogen-bond donors (Lipinski definition) is 3. The Labute approximate surface area is 176 Å². The zero-order valence-corrected chi connectivity index (χ0v) is 17.2. The van der Waals surface area contributed by atoms with Crippen molar-refractivity contribution in [1.82, 2.24) is 15.3 Å². The van der Waals surface area contributed by atoms with Crippen LogP contribution in [-0.4, -0.2) is 59.2 Å². The molecule has 30 heavy (non-hydrogen) atoms. The van der Waals surface area contributed by atoms with Crippen molar-refractivity contribution >= 4 is 17.7 Å². The third-order valence-electron chi connectivity index (χ3n) is 4.41. The van der Waals surface area contributed by atoms with Gasteiger partial charge in [0.05, 0.1) is 12.6 Å². The quantitative estimate of drug-likeness (QED) is 0.615. The number of ether oxygens (including phenoxy) is 1. The second-order valence-electron chi connectivity index (χ2n) is 6.87. The van der Waals surface area contributed by atoms with Gasteiger partial charge in [0.1, 0.15) is 18.2 Å². The molecule has 0 atom stereocenters. The largest absolute Gasteiger partial charge is 0.492 e. The first-order valence-electron chi connectivity index (χ1n) is 9.89. The van der Waals surface area contributed by atoms with Crippen LogP contribution in [0.5, 0.6) is 5.75 Å². The summed E-state index contributed by atoms with van der Waals surface area (Å²) < 4.78 is 5.44. The van der Waals surface area contributed by atoms with Crippen LogP contribution in [0.2, 0.25) is 0 Å². The Balaban J connectivity index is 0.000000735. The predicted molar refractivity (Wildman–Crippen MR) is 113 cm³/mol. The number of carbonyl (C=O) groups is 2. The number of piperidine rings is 1. The minimum Gasteiger partial charge on any atom is -0.492 e. The van der Waals surface area contributed by atoms with E-state index in [1.807, 2.05) is 24.3 Å². The zero-order chi connectivity index (χ0) is 21.8. The monoisotopic (exact) mass is 415 g/mol. The average molecular weight is 415 g/mol. The number of nitrogens with two attached hydrogens (primary N) is 1. The van der Waals surface area contributed by atoms with Gasteiger partial charge in [0, 0.05) is 45.0 Å². The molecule has 1 aromatic carbocycles. The Morgan fingerprint density at radius 3 is 2.47 bits per heavy atom. The van der Waals surface area contributed by atoms with Gasteiger partial charge in [0.2, 0.25) is 5.91 Å². The third kappa shape index (κ3) is 8.44. The molecular formula is C21H29N5O4. The third-order valence-corrected chi connectivity index (χ3v) is 4.41. The van der Waals surface area contributed by atoms with Crippen molar-refractivity contribution in [1.29, 1.82) is 0 Å². The number of anilines is 1. The maximum Gasteiger partial charge on any atom is 0.300 e. The molecule has 0 spiro atoms. The summed E-state index contributed by atoms with van der Waals surface area (Å²) in [5, 5.41) is 10.6. The molecule has 4 N–H and O–H groups in total. The number of nitrogens with zero attached hydrogens (tertiary/aromatic N) is 3. The number of aliphatic carboxylic acids is 1. The van der Waals surface area contributed by atoms with E-state index in [0.29, 0.717) is 19.6 Å². The standard InChI is InChI=1S/C19H25N5O2.C2H4O2/c20-7-12-26-17-3-1-15(2-4-17)13-19(25)23-16-5-10-24(11-6-16)18-14-21-8-9-22-18;1-2(3)4/h1-4,8-9,14,16H,5-7,10-13,20H2,(H,23,25);1H3,(H,3,4). The number of hydrogen-bond acceptors (Lipinski definition) is 7. The smallest absolute Gasteiger partial charge is 0.300 e. The van der Waals surface area contributed by atoms with Crippen LogP contribution >= 0.6 is 0 Å². The van der Waals surface area contributed by atoms with E-state index in [1.165, 1.54) is 0 Å². The van der Waals surface area contributed by atoms with Crippen LogP contribution in [0.15, 0.2) is 42.9 Å². The summed E-state index contributed by atoms with van der Waals surface area (Å²) in [6.45, 7) is 3.81. The molecule has 1 aromatic heterocycles. The van der Waals surface area contributed by atoms with Crippen LogP contribution in [0, 0.1) is 0 Å². The molecule has 9 heteroatoms. The highest BCUT2D eigenvalue weighted by Gasteiger charge is 2.21. The number of amides is 1. The van der Waals surface area contributed by atoms with Gasteiger partial charge >= 0.3 is 0 Å². The zero-order valence-electron chi connectivity index (χ0n) is 17.2. The van der Waals surface area contributed by atoms with E-state index in [9.17, 15) is 4.79 Å². The summed E-state index contributed by atoms with van der Waals surface area (Å²) in [6.07, 6.45) is 7.35. The number of benzene rings is 1. The maximum absolute atomic E-state index is 12.3. The van der Waals surface area contributed by atoms with Crippen LogP contribution in [0.25, 0.3) is 0 Å². The number of aromatic nitrogens is 2. The Morgan fingerprint density at radius 2 is 1.90 bits per heavy atom. The van der Waals surface area contributed by atoms with Gasteiger partial charge in [-0.1, -0.05) is 12.1 Å². The molecule has 1 amide bonds. The molecule has 0 unspecified atom stereocenters. The molecule has 1 saturated heterocycles. The average Bonchev–Trinajstić information content (AvgIpc) is 2.74. The molecule has 2 aromatic rings. The van der Waals surface area contributed by atoms with Gasteiger partial charge in [0.25, 0.3) is 5.97 Å². The van der Waals surface area contributed by atoms with E-state index in [1.54, 1.807) is 18.6 Å². The molecule has 3 rings (SSSR count). The molecule has 9 nitrogen and oxygen atoms in total. The first-order valence-corrected chi connectivity index (χ1v) is 9.89. The van der Waals surface area contributed by atoms with Gasteiger partial charge in [0.15, 0.2) is 0 Å². The van der Waals surface area contributed by atoms with Crippen molar-refractivity contribution in [3.8, 4) is 5.75 Å². The van der Waals surface area contributed by atoms with E-state index in [2.05, 4.69) is 20.2 Å². The molecule has 162 valence electrons. The van der Waals surface area contributed by atoms with E-state index in [4.69, 9.17) is 20.4 Å². The lowest BCUT2D eigenvalue weighted by Crippen LogP contribution is -2.45. The second kappa shape index (κ2) is 12.4. The number of rotatable bonds is 7. The molecule has 1 aliphatic rings. The van der Waals surface area contributed by atoms with Gasteiger partial charge in [-0.25, -0.2) is 4.98 Å². The van der Waals surface area contributed by atoms with Gasteiger partial charge in [-0.05, 0) is 30.5 Å². The van der Waals surface area contributed by atoms with Crippen molar-refractivity contribution in [3.63, 3.8) is 0 Å². The second-order valence-corrected chi connectivity index (χ2v) is 6.87. The van der Waals surface area contributed by atoms with Crippen LogP contribution in [0.4, 0.5) is 5.82 Å². The molecule has 1 fully saturated rings. The topological polar surface area (TPSA) is 131 Å². The number of nitrogens with one attached hydrogen (secondary N) is 1. The normalized spacial score (nSPS) is 13.7. The fourth-order valence-electron chi connectivity index (χ4n) is 3.05. The maximum atomic E-state index is 12.3. The van der Waals surface area contributed by atoms with Crippen LogP contribution in [0.3, 0.4) is 0 Å². The summed E-state index contributed by atoms with van der Waals surface area (Å²) in [5.74, 6) is 0.892. The van der Waals surface area contributed by atoms with E-state index in [-0.39, 0.29) is 11.9 Å². The van der Waals surface area contributed by atoms with Crippen LogP contribution in [-0.2, 0) is 16.0 Å². The molecule has 2 heterocycles. The molecule has 0 saturated carbocycles. The summed E-state index contributed by atoms with van der Waals surface area (Å²) >= 11 is 0. The number of carboxylic acids is 1. The van der Waals surface area contributed by atoms with Crippen molar-refractivity contribution in [2.24, 2.45) is 5.73 Å². The van der Waals surface area contributed by atoms with Crippen molar-refractivity contribution in [3.05, 3.63) is 48.4 Å². The van der Waals surface area contributed by atoms with Gasteiger partial charge < -0.3 is 25.8 Å². The lowest BCUT2D eigenvalue weighted by molar-refractivity contribution is -0.134. The highest BCUT2D eigenvalue weighted by atomic mass is 16.5. The molecule has 0 radical (unpaired) electrons. The number of carbonyl (C=O) groups excluding carboxylic acids is 1. The highest BCUT2D eigenvalue weighted by molar-refractivity contribution is 5.78.